The molecule has 78 heavy (non-hydrogen) atoms. The molecule has 1 unspecified atom stereocenters. The van der Waals surface area contributed by atoms with Gasteiger partial charge in [0.1, 0.15) is 17.6 Å². The maximum atomic E-state index is 13.6. The van der Waals surface area contributed by atoms with E-state index in [9.17, 15) is 38.0 Å². The second-order valence-electron chi connectivity index (χ2n) is 20.9. The standard InChI is InChI=1S/C57H63FN12O8/c58-41-9-11-42(12-10-41)63-55(75)52(39-6-2-1-3-7-39)78-57(77)51-53(59)60-33-46(64-51)40-32-61-69(35-40)44-20-25-66(26-21-44)22-15-36-16-23-67(24-17-36)34-37-18-27-68(28-19-37)49(72)30-38-5-4-8-43(29-38)62-45-31-50(73)70(56(45)76)47-13-14-48(71)65-54(47)74/h1-12,29,31-33,35-37,44,47,52,62H,13-28,30,34H2,(H2,59,60)(H,63,75)(H,65,71,74)/t47?,52-/m1/s1. The summed E-state index contributed by atoms with van der Waals surface area (Å²) in [7, 11) is 0. The molecule has 0 saturated carbocycles. The Bertz CT molecular complexity index is 3070. The number of halogens is 1. The van der Waals surface area contributed by atoms with Crippen LogP contribution in [0.3, 0.4) is 0 Å². The maximum absolute atomic E-state index is 13.6. The summed E-state index contributed by atoms with van der Waals surface area (Å²) >= 11 is 0. The molecule has 5 aromatic rings. The molecule has 2 aromatic heterocycles. The normalized spacial score (nSPS) is 19.6. The number of hydrogen-bond acceptors (Lipinski definition) is 15. The molecule has 0 spiro atoms. The number of carbonyl (C=O) groups excluding carboxylic acids is 7. The van der Waals surface area contributed by atoms with Gasteiger partial charge in [0.15, 0.2) is 11.5 Å². The molecule has 2 atom stereocenters. The van der Waals surface area contributed by atoms with Crippen molar-refractivity contribution in [3.05, 3.63) is 132 Å². The summed E-state index contributed by atoms with van der Waals surface area (Å²) in [6.07, 6.45) is 12.6. The average Bonchev–Trinajstić information content (AvgIpc) is 4.14. The van der Waals surface area contributed by atoms with E-state index in [1.54, 1.807) is 54.7 Å². The number of amides is 6. The Morgan fingerprint density at radius 2 is 1.54 bits per heavy atom. The Morgan fingerprint density at radius 1 is 0.808 bits per heavy atom. The van der Waals surface area contributed by atoms with Gasteiger partial charge in [0.25, 0.3) is 17.7 Å². The van der Waals surface area contributed by atoms with Crippen LogP contribution in [0.15, 0.2) is 109 Å². The number of nitrogens with two attached hydrogens (primary N) is 1. The van der Waals surface area contributed by atoms with Crippen molar-refractivity contribution in [2.24, 2.45) is 11.8 Å². The SMILES string of the molecule is Nc1ncc(-c2cnn(C3CCN(CCC4CCN(CC5CCN(C(=O)Cc6cccc(NC7=CC(=O)N(C8CCC(=O)NC8=O)C7=O)c6)CC5)CC4)CC3)c2)nc1C(=O)O[C@@H](C(=O)Nc1ccc(F)cc1)c1ccccc1. The number of imide groups is 2. The minimum Gasteiger partial charge on any atom is -0.442 e. The fourth-order valence-corrected chi connectivity index (χ4v) is 11.1. The summed E-state index contributed by atoms with van der Waals surface area (Å²) in [4.78, 5) is 107. The van der Waals surface area contributed by atoms with Crippen molar-refractivity contribution in [2.75, 3.05) is 68.7 Å². The average molecular weight is 1060 g/mol. The van der Waals surface area contributed by atoms with Gasteiger partial charge >= 0.3 is 5.97 Å². The molecular formula is C57H63FN12O8. The minimum atomic E-state index is -1.36. The van der Waals surface area contributed by atoms with Crippen molar-refractivity contribution in [2.45, 2.75) is 82.4 Å². The van der Waals surface area contributed by atoms with Crippen LogP contribution in [0.5, 0.6) is 0 Å². The molecule has 21 heteroatoms. The molecule has 6 amide bonds. The quantitative estimate of drug-likeness (QED) is 0.0683. The van der Waals surface area contributed by atoms with Crippen LogP contribution < -0.4 is 21.7 Å². The number of hydrogen-bond donors (Lipinski definition) is 4. The van der Waals surface area contributed by atoms with E-state index in [0.717, 1.165) is 94.6 Å². The van der Waals surface area contributed by atoms with Gasteiger partial charge in [0, 0.05) is 73.9 Å². The highest BCUT2D eigenvalue weighted by atomic mass is 19.1. The van der Waals surface area contributed by atoms with E-state index in [2.05, 4.69) is 40.8 Å². The number of esters is 1. The van der Waals surface area contributed by atoms with E-state index in [1.807, 2.05) is 21.8 Å². The zero-order valence-electron chi connectivity index (χ0n) is 43.2. The smallest absolute Gasteiger partial charge is 0.361 e. The number of ether oxygens (including phenoxy) is 1. The second kappa shape index (κ2) is 24.0. The number of nitrogen functional groups attached to an aromatic ring is 1. The number of likely N-dealkylation sites (tertiary alicyclic amines) is 3. The van der Waals surface area contributed by atoms with Crippen LogP contribution in [0, 0.1) is 17.7 Å². The summed E-state index contributed by atoms with van der Waals surface area (Å²) in [6.45, 7) is 7.68. The van der Waals surface area contributed by atoms with Crippen LogP contribution in [-0.4, -0.2) is 139 Å². The van der Waals surface area contributed by atoms with Gasteiger partial charge in [0.2, 0.25) is 23.8 Å². The number of aromatic nitrogens is 4. The number of anilines is 3. The first-order valence-corrected chi connectivity index (χ1v) is 26.8. The van der Waals surface area contributed by atoms with Crippen molar-refractivity contribution in [1.29, 1.82) is 0 Å². The maximum Gasteiger partial charge on any atom is 0.361 e. The number of nitrogens with one attached hydrogen (secondary N) is 3. The van der Waals surface area contributed by atoms with E-state index < -0.39 is 53.5 Å². The summed E-state index contributed by atoms with van der Waals surface area (Å²) in [5.74, 6) is -3.25. The highest BCUT2D eigenvalue weighted by Crippen LogP contribution is 2.30. The highest BCUT2D eigenvalue weighted by molar-refractivity contribution is 6.20. The van der Waals surface area contributed by atoms with Crippen LogP contribution >= 0.6 is 0 Å². The topological polar surface area (TPSA) is 247 Å². The lowest BCUT2D eigenvalue weighted by Gasteiger charge is -2.38. The third-order valence-electron chi connectivity index (χ3n) is 15.6. The summed E-state index contributed by atoms with van der Waals surface area (Å²) in [5.41, 5.74) is 9.05. The number of rotatable bonds is 17. The molecule has 4 saturated heterocycles. The molecule has 3 aromatic carbocycles. The molecule has 5 N–H and O–H groups in total. The van der Waals surface area contributed by atoms with Crippen molar-refractivity contribution < 1.29 is 42.7 Å². The summed E-state index contributed by atoms with van der Waals surface area (Å²) in [6, 6.07) is 20.1. The number of nitrogens with zero attached hydrogens (tertiary/aromatic N) is 8. The lowest BCUT2D eigenvalue weighted by atomic mass is 9.90. The molecule has 20 nitrogen and oxygen atoms in total. The minimum absolute atomic E-state index is 0.0269. The third kappa shape index (κ3) is 12.8. The van der Waals surface area contributed by atoms with Gasteiger partial charge in [-0.3, -0.25) is 43.7 Å². The molecule has 406 valence electrons. The molecule has 0 bridgehead atoms. The Morgan fingerprint density at radius 3 is 2.28 bits per heavy atom. The van der Waals surface area contributed by atoms with Crippen molar-refractivity contribution in [1.82, 2.24) is 44.7 Å². The fourth-order valence-electron chi connectivity index (χ4n) is 11.1. The molecule has 7 heterocycles. The van der Waals surface area contributed by atoms with Gasteiger partial charge in [-0.05, 0) is 125 Å². The largest absolute Gasteiger partial charge is 0.442 e. The highest BCUT2D eigenvalue weighted by Gasteiger charge is 2.42. The van der Waals surface area contributed by atoms with Crippen LogP contribution in [0.25, 0.3) is 11.3 Å². The first-order chi connectivity index (χ1) is 37.8. The predicted molar refractivity (Wildman–Crippen MR) is 285 cm³/mol. The zero-order chi connectivity index (χ0) is 54.3. The molecule has 0 radical (unpaired) electrons. The zero-order valence-corrected chi connectivity index (χ0v) is 43.2. The van der Waals surface area contributed by atoms with E-state index in [1.165, 1.54) is 49.7 Å². The second-order valence-corrected chi connectivity index (χ2v) is 20.9. The Balaban J connectivity index is 0.624. The number of piperidine rings is 4. The number of carbonyl (C=O) groups is 7. The van der Waals surface area contributed by atoms with Gasteiger partial charge in [-0.15, -0.1) is 0 Å². The van der Waals surface area contributed by atoms with Gasteiger partial charge in [-0.25, -0.2) is 19.2 Å². The van der Waals surface area contributed by atoms with Gasteiger partial charge in [-0.2, -0.15) is 5.10 Å². The molecule has 0 aliphatic carbocycles. The molecule has 4 fully saturated rings. The molecule has 10 rings (SSSR count). The van der Waals surface area contributed by atoms with E-state index >= 15 is 0 Å². The lowest BCUT2D eigenvalue weighted by Crippen LogP contribution is -2.54. The van der Waals surface area contributed by atoms with Crippen LogP contribution in [0.1, 0.15) is 91.5 Å². The Hall–Kier alpha value is -8.17. The summed E-state index contributed by atoms with van der Waals surface area (Å²) < 4.78 is 21.2. The first kappa shape index (κ1) is 53.2. The molecular weight excluding hydrogens is 1000 g/mol. The van der Waals surface area contributed by atoms with Crippen LogP contribution in [0.4, 0.5) is 21.6 Å². The van der Waals surface area contributed by atoms with E-state index in [0.29, 0.717) is 40.0 Å². The van der Waals surface area contributed by atoms with Gasteiger partial charge < -0.3 is 35.8 Å². The van der Waals surface area contributed by atoms with Crippen molar-refractivity contribution in [3.63, 3.8) is 0 Å². The Kier molecular flexibility index (Phi) is 16.4. The van der Waals surface area contributed by atoms with E-state index in [4.69, 9.17) is 10.5 Å². The number of benzene rings is 3. The summed E-state index contributed by atoms with van der Waals surface area (Å²) in [5, 5.41) is 12.5. The van der Waals surface area contributed by atoms with Crippen LogP contribution in [0.2, 0.25) is 0 Å². The monoisotopic (exact) mass is 1060 g/mol. The van der Waals surface area contributed by atoms with Crippen molar-refractivity contribution >= 4 is 58.6 Å². The Labute approximate surface area is 450 Å². The first-order valence-electron chi connectivity index (χ1n) is 26.8. The van der Waals surface area contributed by atoms with Gasteiger partial charge in [0.05, 0.1) is 30.6 Å². The third-order valence-corrected chi connectivity index (χ3v) is 15.6. The predicted octanol–water partition coefficient (Wildman–Crippen LogP) is 5.29. The molecule has 5 aliphatic heterocycles. The lowest BCUT2D eigenvalue weighted by molar-refractivity contribution is -0.149. The fraction of sp³-hybridized carbons (Fsp3) is 0.404. The van der Waals surface area contributed by atoms with Crippen LogP contribution in [-0.2, 0) is 39.9 Å². The molecule has 5 aliphatic rings. The van der Waals surface area contributed by atoms with Crippen molar-refractivity contribution in [3.8, 4) is 11.3 Å². The van der Waals surface area contributed by atoms with Gasteiger partial charge in [-0.1, -0.05) is 42.5 Å². The van der Waals surface area contributed by atoms with E-state index in [-0.39, 0.29) is 48.4 Å².